The lowest BCUT2D eigenvalue weighted by molar-refractivity contribution is -0.143. The number of benzene rings is 1. The number of hydrogen-bond donors (Lipinski definition) is 3. The van der Waals surface area contributed by atoms with Crippen molar-refractivity contribution in [2.24, 2.45) is 5.92 Å². The highest BCUT2D eigenvalue weighted by molar-refractivity contribution is 5.92. The number of carbonyl (C=O) groups is 3. The second-order valence-corrected chi connectivity index (χ2v) is 10.5. The van der Waals surface area contributed by atoms with E-state index in [0.717, 1.165) is 12.8 Å². The van der Waals surface area contributed by atoms with Crippen molar-refractivity contribution in [2.45, 2.75) is 105 Å². The van der Waals surface area contributed by atoms with E-state index in [-0.39, 0.29) is 30.2 Å². The van der Waals surface area contributed by atoms with E-state index in [1.54, 1.807) is 45.9 Å². The normalized spacial score (nSPS) is 14.1. The molecule has 3 amide bonds. The molecule has 3 atom stereocenters. The number of alkyl carbamates (subject to hydrolysis) is 1. The molecule has 0 aromatic heterocycles. The van der Waals surface area contributed by atoms with Crippen LogP contribution in [0.25, 0.3) is 0 Å². The molecule has 0 radical (unpaired) electrons. The molecule has 0 aliphatic rings. The molecular weight excluding hydrogens is 446 g/mol. The van der Waals surface area contributed by atoms with Gasteiger partial charge in [-0.2, -0.15) is 0 Å². The first-order valence-electron chi connectivity index (χ1n) is 12.6. The Morgan fingerprint density at radius 1 is 1.06 bits per heavy atom. The first-order valence-corrected chi connectivity index (χ1v) is 12.6. The molecule has 0 fully saturated rings. The number of aromatic hydroxyl groups is 1. The molecule has 1 aromatic carbocycles. The Labute approximate surface area is 210 Å². The first kappa shape index (κ1) is 30.3. The van der Waals surface area contributed by atoms with Crippen LogP contribution in [0.4, 0.5) is 4.79 Å². The largest absolute Gasteiger partial charge is 0.507 e. The van der Waals surface area contributed by atoms with Gasteiger partial charge < -0.3 is 25.4 Å². The van der Waals surface area contributed by atoms with Gasteiger partial charge in [-0.25, -0.2) is 4.79 Å². The van der Waals surface area contributed by atoms with Crippen molar-refractivity contribution in [3.63, 3.8) is 0 Å². The maximum absolute atomic E-state index is 13.9. The summed E-state index contributed by atoms with van der Waals surface area (Å²) < 4.78 is 5.38. The molecule has 8 nitrogen and oxygen atoms in total. The van der Waals surface area contributed by atoms with Gasteiger partial charge in [-0.15, -0.1) is 0 Å². The van der Waals surface area contributed by atoms with E-state index in [9.17, 15) is 19.5 Å². The smallest absolute Gasteiger partial charge is 0.408 e. The third-order valence-electron chi connectivity index (χ3n) is 5.59. The lowest BCUT2D eigenvalue weighted by Crippen LogP contribution is -2.55. The number of aryl methyl sites for hydroxylation is 1. The molecule has 0 bridgehead atoms. The molecule has 3 N–H and O–H groups in total. The molecule has 35 heavy (non-hydrogen) atoms. The lowest BCUT2D eigenvalue weighted by Gasteiger charge is -2.36. The van der Waals surface area contributed by atoms with Crippen LogP contribution in [0, 0.1) is 12.8 Å². The van der Waals surface area contributed by atoms with Gasteiger partial charge in [0.05, 0.1) is 0 Å². The van der Waals surface area contributed by atoms with Crippen LogP contribution < -0.4 is 10.6 Å². The number of phenols is 1. The van der Waals surface area contributed by atoms with E-state index >= 15 is 0 Å². The second kappa shape index (κ2) is 13.4. The average Bonchev–Trinajstić information content (AvgIpc) is 2.72. The second-order valence-electron chi connectivity index (χ2n) is 10.5. The highest BCUT2D eigenvalue weighted by Gasteiger charge is 2.38. The number of para-hydroxylation sites is 1. The SMILES string of the molecule is CCCC(C)NC(=O)C(c1cccc(C)c1O)N(CCC)C(=O)C(NC(=O)OC(C)(C)C)C(C)C. The summed E-state index contributed by atoms with van der Waals surface area (Å²) in [5, 5.41) is 16.6. The monoisotopic (exact) mass is 491 g/mol. The maximum Gasteiger partial charge on any atom is 0.408 e. The van der Waals surface area contributed by atoms with Crippen LogP contribution in [0.1, 0.15) is 91.8 Å². The first-order chi connectivity index (χ1) is 16.2. The Hall–Kier alpha value is -2.77. The van der Waals surface area contributed by atoms with Crippen LogP contribution in [0.15, 0.2) is 18.2 Å². The number of nitrogens with one attached hydrogen (secondary N) is 2. The highest BCUT2D eigenvalue weighted by atomic mass is 16.6. The Bertz CT molecular complexity index is 863. The zero-order chi connectivity index (χ0) is 26.9. The zero-order valence-corrected chi connectivity index (χ0v) is 22.9. The number of amides is 3. The van der Waals surface area contributed by atoms with Crippen molar-refractivity contribution in [3.05, 3.63) is 29.3 Å². The van der Waals surface area contributed by atoms with E-state index in [4.69, 9.17) is 4.74 Å². The van der Waals surface area contributed by atoms with E-state index in [1.807, 2.05) is 34.6 Å². The molecule has 198 valence electrons. The maximum atomic E-state index is 13.9. The van der Waals surface area contributed by atoms with Gasteiger partial charge in [0.15, 0.2) is 0 Å². The van der Waals surface area contributed by atoms with Gasteiger partial charge in [-0.1, -0.05) is 52.3 Å². The van der Waals surface area contributed by atoms with Crippen molar-refractivity contribution < 1.29 is 24.2 Å². The minimum absolute atomic E-state index is 0.0223. The predicted octanol–water partition coefficient (Wildman–Crippen LogP) is 4.83. The summed E-state index contributed by atoms with van der Waals surface area (Å²) in [6.45, 7) is 16.8. The number of rotatable bonds is 11. The molecule has 0 heterocycles. The van der Waals surface area contributed by atoms with Crippen LogP contribution in [0.2, 0.25) is 0 Å². The van der Waals surface area contributed by atoms with Gasteiger partial charge in [0.25, 0.3) is 0 Å². The predicted molar refractivity (Wildman–Crippen MR) is 138 cm³/mol. The third-order valence-corrected chi connectivity index (χ3v) is 5.59. The van der Waals surface area contributed by atoms with Crippen LogP contribution in [0.5, 0.6) is 5.75 Å². The van der Waals surface area contributed by atoms with Crippen LogP contribution >= 0.6 is 0 Å². The molecular formula is C27H45N3O5. The third kappa shape index (κ3) is 9.07. The fourth-order valence-electron chi connectivity index (χ4n) is 3.91. The summed E-state index contributed by atoms with van der Waals surface area (Å²) in [4.78, 5) is 41.5. The van der Waals surface area contributed by atoms with E-state index in [0.29, 0.717) is 17.5 Å². The van der Waals surface area contributed by atoms with Gasteiger partial charge in [0, 0.05) is 18.2 Å². The van der Waals surface area contributed by atoms with Gasteiger partial charge in [0.1, 0.15) is 23.4 Å². The standard InChI is InChI=1S/C27H45N3O5/c1-10-13-19(6)28-24(32)22(20-15-12-14-18(5)23(20)31)30(16-11-2)25(33)21(17(3)4)29-26(34)35-27(7,8)9/h12,14-15,17,19,21-22,31H,10-11,13,16H2,1-9H3,(H,28,32)(H,29,34). The molecule has 1 rings (SSSR count). The van der Waals surface area contributed by atoms with Crippen LogP contribution in [0.3, 0.4) is 0 Å². The van der Waals surface area contributed by atoms with E-state index in [1.165, 1.54) is 4.90 Å². The molecule has 1 aromatic rings. The summed E-state index contributed by atoms with van der Waals surface area (Å²) in [5.41, 5.74) is 0.244. The summed E-state index contributed by atoms with van der Waals surface area (Å²) in [6.07, 6.45) is 1.57. The zero-order valence-electron chi connectivity index (χ0n) is 22.9. The van der Waals surface area contributed by atoms with Crippen molar-refractivity contribution >= 4 is 17.9 Å². The van der Waals surface area contributed by atoms with Gasteiger partial charge in [-0.05, 0) is 58.9 Å². The van der Waals surface area contributed by atoms with Crippen molar-refractivity contribution in [1.82, 2.24) is 15.5 Å². The topological polar surface area (TPSA) is 108 Å². The summed E-state index contributed by atoms with van der Waals surface area (Å²) in [6, 6.07) is 3.11. The quantitative estimate of drug-likeness (QED) is 0.411. The van der Waals surface area contributed by atoms with E-state index < -0.39 is 29.7 Å². The average molecular weight is 492 g/mol. The van der Waals surface area contributed by atoms with Crippen LogP contribution in [-0.2, 0) is 14.3 Å². The van der Waals surface area contributed by atoms with Crippen LogP contribution in [-0.4, -0.2) is 52.1 Å². The Morgan fingerprint density at radius 2 is 1.69 bits per heavy atom. The Balaban J connectivity index is 3.49. The molecule has 0 spiro atoms. The lowest BCUT2D eigenvalue weighted by atomic mass is 9.96. The molecule has 0 saturated heterocycles. The van der Waals surface area contributed by atoms with Crippen molar-refractivity contribution in [1.29, 1.82) is 0 Å². The van der Waals surface area contributed by atoms with E-state index in [2.05, 4.69) is 10.6 Å². The summed E-state index contributed by atoms with van der Waals surface area (Å²) in [5.74, 6) is -1.06. The number of carbonyl (C=O) groups excluding carboxylic acids is 3. The minimum Gasteiger partial charge on any atom is -0.507 e. The fourth-order valence-corrected chi connectivity index (χ4v) is 3.91. The highest BCUT2D eigenvalue weighted by Crippen LogP contribution is 2.33. The number of hydrogen-bond acceptors (Lipinski definition) is 5. The molecule has 8 heteroatoms. The molecule has 3 unspecified atom stereocenters. The number of ether oxygens (including phenoxy) is 1. The van der Waals surface area contributed by atoms with Crippen molar-refractivity contribution in [2.75, 3.05) is 6.54 Å². The van der Waals surface area contributed by atoms with Crippen molar-refractivity contribution in [3.8, 4) is 5.75 Å². The molecule has 0 aliphatic heterocycles. The molecule has 0 saturated carbocycles. The summed E-state index contributed by atoms with van der Waals surface area (Å²) in [7, 11) is 0. The van der Waals surface area contributed by atoms with Gasteiger partial charge in [0.2, 0.25) is 11.8 Å². The summed E-state index contributed by atoms with van der Waals surface area (Å²) >= 11 is 0. The van der Waals surface area contributed by atoms with Gasteiger partial charge in [-0.3, -0.25) is 9.59 Å². The molecule has 0 aliphatic carbocycles. The minimum atomic E-state index is -1.05. The fraction of sp³-hybridized carbons (Fsp3) is 0.667. The Morgan fingerprint density at radius 3 is 2.20 bits per heavy atom. The van der Waals surface area contributed by atoms with Gasteiger partial charge >= 0.3 is 6.09 Å². The Kier molecular flexibility index (Phi) is 11.5. The number of nitrogens with zero attached hydrogens (tertiary/aromatic N) is 1. The number of phenolic OH excluding ortho intramolecular Hbond substituents is 1.